The molecule has 1 aliphatic rings. The number of benzene rings is 1. The number of nitrogens with one attached hydrogen (secondary N) is 1. The first-order valence-electron chi connectivity index (χ1n) is 9.28. The van der Waals surface area contributed by atoms with Gasteiger partial charge in [-0.1, -0.05) is 41.7 Å². The Labute approximate surface area is 162 Å². The molecule has 1 N–H and O–H groups in total. The Balaban J connectivity index is 1.40. The molecule has 7 heteroatoms. The second-order valence-electron chi connectivity index (χ2n) is 6.88. The second-order valence-corrected chi connectivity index (χ2v) is 7.82. The topological polar surface area (TPSA) is 63.1 Å². The predicted octanol–water partition coefficient (Wildman–Crippen LogP) is 3.42. The number of carbonyl (C=O) groups excluding carboxylic acids is 1. The van der Waals surface area contributed by atoms with Gasteiger partial charge in [-0.2, -0.15) is 0 Å². The van der Waals surface area contributed by atoms with Gasteiger partial charge in [0.15, 0.2) is 0 Å². The summed E-state index contributed by atoms with van der Waals surface area (Å²) in [6.45, 7) is 3.63. The Morgan fingerprint density at radius 1 is 1.15 bits per heavy atom. The summed E-state index contributed by atoms with van der Waals surface area (Å²) in [5.41, 5.74) is 1.12. The van der Waals surface area contributed by atoms with Crippen molar-refractivity contribution in [2.45, 2.75) is 25.8 Å². The number of carbonyl (C=O) groups is 1. The smallest absolute Gasteiger partial charge is 0.225 e. The molecule has 0 saturated carbocycles. The lowest BCUT2D eigenvalue weighted by Crippen LogP contribution is -2.43. The molecule has 1 fully saturated rings. The average molecular weight is 382 g/mol. The zero-order chi connectivity index (χ0) is 18.6. The highest BCUT2D eigenvalue weighted by molar-refractivity contribution is 7.17. The number of anilines is 1. The highest BCUT2D eigenvalue weighted by Crippen LogP contribution is 2.28. The molecule has 1 amide bonds. The molecule has 4 rings (SSSR count). The predicted molar refractivity (Wildman–Crippen MR) is 107 cm³/mol. The van der Waals surface area contributed by atoms with E-state index < -0.39 is 0 Å². The van der Waals surface area contributed by atoms with Gasteiger partial charge < -0.3 is 10.2 Å². The van der Waals surface area contributed by atoms with Crippen LogP contribution in [0.4, 0.5) is 5.13 Å². The van der Waals surface area contributed by atoms with Crippen LogP contribution >= 0.6 is 11.3 Å². The molecule has 2 aromatic heterocycles. The minimum Gasteiger partial charge on any atom is -0.349 e. The molecule has 6 nitrogen and oxygen atoms in total. The molecule has 3 heterocycles. The van der Waals surface area contributed by atoms with E-state index in [1.165, 1.54) is 0 Å². The van der Waals surface area contributed by atoms with E-state index in [4.69, 9.17) is 0 Å². The van der Waals surface area contributed by atoms with Crippen molar-refractivity contribution in [2.24, 2.45) is 5.92 Å². The lowest BCUT2D eigenvalue weighted by molar-refractivity contribution is -0.125. The largest absolute Gasteiger partial charge is 0.349 e. The Kier molecular flexibility index (Phi) is 5.20. The van der Waals surface area contributed by atoms with Gasteiger partial charge in [-0.3, -0.25) is 9.36 Å². The van der Waals surface area contributed by atoms with E-state index in [2.05, 4.69) is 20.4 Å². The lowest BCUT2D eigenvalue weighted by Gasteiger charge is -2.32. The maximum absolute atomic E-state index is 12.8. The van der Waals surface area contributed by atoms with E-state index in [-0.39, 0.29) is 17.9 Å². The summed E-state index contributed by atoms with van der Waals surface area (Å²) in [5, 5.41) is 13.5. The minimum atomic E-state index is -0.0242. The van der Waals surface area contributed by atoms with Crippen molar-refractivity contribution in [3.63, 3.8) is 0 Å². The first kappa shape index (κ1) is 17.7. The zero-order valence-corrected chi connectivity index (χ0v) is 16.1. The van der Waals surface area contributed by atoms with E-state index in [1.807, 2.05) is 66.3 Å². The second kappa shape index (κ2) is 7.92. The van der Waals surface area contributed by atoms with Crippen LogP contribution in [0.2, 0.25) is 0 Å². The summed E-state index contributed by atoms with van der Waals surface area (Å²) < 4.78 is 1.96. The van der Waals surface area contributed by atoms with Gasteiger partial charge >= 0.3 is 0 Å². The molecule has 0 unspecified atom stereocenters. The standard InChI is InChI=1S/C20H23N5OS/c1-15(16-8-3-2-4-9-16)21-18(26)17-10-7-13-25(14-17)20-23-22-19(27-20)24-11-5-6-12-24/h2-6,8-9,11-12,15,17H,7,10,13-14H2,1H3,(H,21,26)/t15-,17+/m1/s1. The van der Waals surface area contributed by atoms with Crippen molar-refractivity contribution in [3.05, 3.63) is 60.4 Å². The van der Waals surface area contributed by atoms with Crippen LogP contribution in [0.1, 0.15) is 31.4 Å². The first-order valence-corrected chi connectivity index (χ1v) is 10.1. The van der Waals surface area contributed by atoms with Gasteiger partial charge in [0.25, 0.3) is 0 Å². The summed E-state index contributed by atoms with van der Waals surface area (Å²) in [7, 11) is 0. The third kappa shape index (κ3) is 4.03. The molecule has 0 aliphatic carbocycles. The van der Waals surface area contributed by atoms with Crippen molar-refractivity contribution in [2.75, 3.05) is 18.0 Å². The molecule has 27 heavy (non-hydrogen) atoms. The van der Waals surface area contributed by atoms with Gasteiger partial charge in [0.05, 0.1) is 12.0 Å². The molecule has 3 aromatic rings. The van der Waals surface area contributed by atoms with Crippen molar-refractivity contribution >= 4 is 22.4 Å². The number of hydrogen-bond donors (Lipinski definition) is 1. The summed E-state index contributed by atoms with van der Waals surface area (Å²) in [4.78, 5) is 15.0. The monoisotopic (exact) mass is 381 g/mol. The SMILES string of the molecule is C[C@@H](NC(=O)[C@H]1CCCN(c2nnc(-n3cccc3)s2)C1)c1ccccc1. The number of aromatic nitrogens is 3. The molecular weight excluding hydrogens is 358 g/mol. The number of amides is 1. The van der Waals surface area contributed by atoms with Crippen LogP contribution in [0.5, 0.6) is 0 Å². The van der Waals surface area contributed by atoms with Gasteiger partial charge in [0.2, 0.25) is 16.2 Å². The van der Waals surface area contributed by atoms with Gasteiger partial charge in [0, 0.05) is 25.5 Å². The molecule has 1 aliphatic heterocycles. The highest BCUT2D eigenvalue weighted by Gasteiger charge is 2.28. The fourth-order valence-electron chi connectivity index (χ4n) is 3.42. The van der Waals surface area contributed by atoms with Gasteiger partial charge in [-0.25, -0.2) is 0 Å². The van der Waals surface area contributed by atoms with E-state index >= 15 is 0 Å². The maximum atomic E-state index is 12.8. The van der Waals surface area contributed by atoms with Gasteiger partial charge in [-0.15, -0.1) is 10.2 Å². The van der Waals surface area contributed by atoms with Crippen molar-refractivity contribution < 1.29 is 4.79 Å². The van der Waals surface area contributed by atoms with Crippen molar-refractivity contribution in [1.82, 2.24) is 20.1 Å². The summed E-state index contributed by atoms with van der Waals surface area (Å²) >= 11 is 1.56. The number of rotatable bonds is 5. The molecule has 2 atom stereocenters. The molecule has 0 spiro atoms. The Morgan fingerprint density at radius 3 is 2.67 bits per heavy atom. The molecule has 140 valence electrons. The number of nitrogens with zero attached hydrogens (tertiary/aromatic N) is 4. The van der Waals surface area contributed by atoms with E-state index in [1.54, 1.807) is 11.3 Å². The normalized spacial score (nSPS) is 18.3. The highest BCUT2D eigenvalue weighted by atomic mass is 32.1. The number of hydrogen-bond acceptors (Lipinski definition) is 5. The van der Waals surface area contributed by atoms with Crippen LogP contribution in [-0.4, -0.2) is 33.8 Å². The molecular formula is C20H23N5OS. The summed E-state index contributed by atoms with van der Waals surface area (Å²) in [6.07, 6.45) is 5.81. The van der Waals surface area contributed by atoms with Crippen LogP contribution < -0.4 is 10.2 Å². The van der Waals surface area contributed by atoms with Gasteiger partial charge in [0.1, 0.15) is 0 Å². The summed E-state index contributed by atoms with van der Waals surface area (Å²) in [5.74, 6) is 0.0926. The van der Waals surface area contributed by atoms with Crippen LogP contribution in [0.15, 0.2) is 54.9 Å². The average Bonchev–Trinajstić information content (AvgIpc) is 3.40. The van der Waals surface area contributed by atoms with Crippen LogP contribution in [0.3, 0.4) is 0 Å². The first-order chi connectivity index (χ1) is 13.2. The molecule has 1 saturated heterocycles. The Morgan fingerprint density at radius 2 is 1.89 bits per heavy atom. The Bertz CT molecular complexity index is 877. The van der Waals surface area contributed by atoms with Crippen LogP contribution in [-0.2, 0) is 4.79 Å². The van der Waals surface area contributed by atoms with Crippen molar-refractivity contribution in [3.8, 4) is 5.13 Å². The van der Waals surface area contributed by atoms with Crippen LogP contribution in [0.25, 0.3) is 5.13 Å². The fraction of sp³-hybridized carbons (Fsp3) is 0.350. The van der Waals surface area contributed by atoms with E-state index in [0.717, 1.165) is 35.2 Å². The molecule has 1 aromatic carbocycles. The maximum Gasteiger partial charge on any atom is 0.225 e. The quantitative estimate of drug-likeness (QED) is 0.736. The van der Waals surface area contributed by atoms with Crippen LogP contribution in [0, 0.1) is 5.92 Å². The van der Waals surface area contributed by atoms with Gasteiger partial charge in [-0.05, 0) is 37.5 Å². The minimum absolute atomic E-state index is 0.0101. The van der Waals surface area contributed by atoms with E-state index in [9.17, 15) is 4.79 Å². The number of piperidine rings is 1. The third-order valence-corrected chi connectivity index (χ3v) is 5.95. The Hall–Kier alpha value is -2.67. The lowest BCUT2D eigenvalue weighted by atomic mass is 9.96. The summed E-state index contributed by atoms with van der Waals surface area (Å²) in [6, 6.07) is 14.0. The third-order valence-electron chi connectivity index (χ3n) is 4.95. The zero-order valence-electron chi connectivity index (χ0n) is 15.3. The van der Waals surface area contributed by atoms with E-state index in [0.29, 0.717) is 6.54 Å². The van der Waals surface area contributed by atoms with Crippen molar-refractivity contribution in [1.29, 1.82) is 0 Å². The molecule has 0 bridgehead atoms. The fourth-order valence-corrected chi connectivity index (χ4v) is 4.27. The molecule has 0 radical (unpaired) electrons.